The van der Waals surface area contributed by atoms with E-state index in [1.807, 2.05) is 81.7 Å². The zero-order chi connectivity index (χ0) is 42.3. The molecule has 10 rings (SSSR count). The summed E-state index contributed by atoms with van der Waals surface area (Å²) in [7, 11) is 0. The van der Waals surface area contributed by atoms with Gasteiger partial charge in [0.25, 0.3) is 0 Å². The minimum absolute atomic E-state index is 0. The molecule has 0 aliphatic heterocycles. The molecule has 0 amide bonds. The molecule has 0 fully saturated rings. The van der Waals surface area contributed by atoms with Gasteiger partial charge in [-0.15, -0.1) is 18.2 Å². The van der Waals surface area contributed by atoms with Crippen LogP contribution in [0.2, 0.25) is 17.3 Å². The Kier molecular flexibility index (Phi) is 11.7. The summed E-state index contributed by atoms with van der Waals surface area (Å²) in [4.78, 5) is 14.5. The number of nitrogens with zero attached hydrogens (tertiary/aromatic N) is 4. The number of hydrogen-bond acceptors (Lipinski definition) is 4. The smallest absolute Gasteiger partial charge is 0 e. The predicted octanol–water partition coefficient (Wildman–Crippen LogP) is 13.6. The minimum atomic E-state index is -2.03. The van der Waals surface area contributed by atoms with Crippen LogP contribution >= 0.6 is 0 Å². The zero-order valence-corrected chi connectivity index (χ0v) is 39.6. The molecular weight excluding hydrogens is 985 g/mol. The average Bonchev–Trinajstić information content (AvgIpc) is 3.84. The summed E-state index contributed by atoms with van der Waals surface area (Å²) in [6.07, 6.45) is 3.88. The molecule has 5 nitrogen and oxygen atoms in total. The van der Waals surface area contributed by atoms with E-state index in [1.165, 1.54) is 4.40 Å². The van der Waals surface area contributed by atoms with E-state index in [2.05, 4.69) is 142 Å². The van der Waals surface area contributed by atoms with Crippen molar-refractivity contribution in [3.05, 3.63) is 187 Å². The van der Waals surface area contributed by atoms with Crippen molar-refractivity contribution in [2.24, 2.45) is 0 Å². The Morgan fingerprint density at radius 2 is 1.38 bits per heavy atom. The third-order valence-corrected chi connectivity index (χ3v) is 15.1. The normalized spacial score (nSPS) is 11.9. The van der Waals surface area contributed by atoms with Gasteiger partial charge in [0.1, 0.15) is 5.58 Å². The van der Waals surface area contributed by atoms with Gasteiger partial charge in [0.15, 0.2) is 0 Å². The summed E-state index contributed by atoms with van der Waals surface area (Å²) in [5.41, 5.74) is 14.7. The van der Waals surface area contributed by atoms with Crippen molar-refractivity contribution in [1.29, 1.82) is 0 Å². The summed E-state index contributed by atoms with van der Waals surface area (Å²) in [6, 6.07) is 58.5. The van der Waals surface area contributed by atoms with E-state index >= 15 is 0 Å². The molecule has 10 aromatic rings. The van der Waals surface area contributed by atoms with Gasteiger partial charge in [0.05, 0.1) is 33.6 Å². The molecule has 4 aromatic heterocycles. The van der Waals surface area contributed by atoms with Crippen LogP contribution in [0.3, 0.4) is 0 Å². The van der Waals surface area contributed by atoms with Crippen LogP contribution < -0.4 is 4.40 Å². The van der Waals surface area contributed by atoms with Crippen molar-refractivity contribution in [2.75, 3.05) is 0 Å². The van der Waals surface area contributed by atoms with Crippen molar-refractivity contribution in [2.45, 2.75) is 43.9 Å². The van der Waals surface area contributed by atoms with Crippen LogP contribution in [-0.4, -0.2) is 32.8 Å². The Morgan fingerprint density at radius 3 is 2.03 bits per heavy atom. The van der Waals surface area contributed by atoms with Crippen molar-refractivity contribution >= 4 is 50.8 Å². The maximum absolute atomic E-state index is 8.44. The SMILES string of the molecule is Cc1cnc2c(c1)oc1c(-c3nc4ccccc4n3-c3c(-c4ccccc4)cccc3-c3ccccc3)[c-]ccc12.[2H]C(C)(C)c1cc(-c2[c-]cccc2)nc[c]1[Ge]([CH3])([CH3])[CH3].[Ir]. The first-order valence-electron chi connectivity index (χ1n) is 20.9. The van der Waals surface area contributed by atoms with Crippen LogP contribution in [0.5, 0.6) is 0 Å². The van der Waals surface area contributed by atoms with Crippen molar-refractivity contribution < 1.29 is 25.9 Å². The molecule has 0 aliphatic rings. The third-order valence-electron chi connectivity index (χ3n) is 10.9. The zero-order valence-electron chi connectivity index (χ0n) is 36.1. The van der Waals surface area contributed by atoms with Gasteiger partial charge in [-0.3, -0.25) is 9.97 Å². The van der Waals surface area contributed by atoms with Crippen molar-refractivity contribution in [3.8, 4) is 50.6 Å². The Balaban J connectivity index is 0.000000214. The molecule has 1 radical (unpaired) electrons. The van der Waals surface area contributed by atoms with Crippen LogP contribution in [0.25, 0.3) is 83.7 Å². The van der Waals surface area contributed by atoms with E-state index in [9.17, 15) is 0 Å². The Hall–Kier alpha value is -5.92. The van der Waals surface area contributed by atoms with E-state index in [-0.39, 0.29) is 20.1 Å². The van der Waals surface area contributed by atoms with Gasteiger partial charge in [-0.2, -0.15) is 0 Å². The number of aryl methyl sites for hydroxylation is 1. The fourth-order valence-electron chi connectivity index (χ4n) is 7.95. The van der Waals surface area contributed by atoms with Gasteiger partial charge in [-0.05, 0) is 47.2 Å². The molecule has 303 valence electrons. The monoisotopic (exact) mass is 1030 g/mol. The number of rotatable bonds is 7. The topological polar surface area (TPSA) is 56.7 Å². The number of imidazole rings is 1. The number of hydrogen-bond donors (Lipinski definition) is 0. The quantitative estimate of drug-likeness (QED) is 0.118. The van der Waals surface area contributed by atoms with Crippen LogP contribution in [0.4, 0.5) is 0 Å². The van der Waals surface area contributed by atoms with Gasteiger partial charge in [-0.25, -0.2) is 0 Å². The second kappa shape index (κ2) is 17.6. The van der Waals surface area contributed by atoms with Gasteiger partial charge in [0.2, 0.25) is 0 Å². The summed E-state index contributed by atoms with van der Waals surface area (Å²) >= 11 is -2.03. The molecular formula is C54H46GeIrN4O-2. The first kappa shape index (κ1) is 40.5. The van der Waals surface area contributed by atoms with Crippen LogP contribution in [0, 0.1) is 19.1 Å². The van der Waals surface area contributed by atoms with E-state index in [4.69, 9.17) is 15.8 Å². The Morgan fingerprint density at radius 1 is 0.705 bits per heavy atom. The number of aromatic nitrogens is 4. The molecule has 0 saturated carbocycles. The molecule has 61 heavy (non-hydrogen) atoms. The van der Waals surface area contributed by atoms with Gasteiger partial charge < -0.3 is 8.98 Å². The molecule has 0 unspecified atom stereocenters. The number of para-hydroxylation sites is 3. The summed E-state index contributed by atoms with van der Waals surface area (Å²) in [6.45, 7) is 5.94. The molecule has 0 spiro atoms. The van der Waals surface area contributed by atoms with Crippen LogP contribution in [-0.2, 0) is 20.1 Å². The maximum Gasteiger partial charge on any atom is 0 e. The molecule has 0 aliphatic carbocycles. The van der Waals surface area contributed by atoms with Gasteiger partial charge in [-0.1, -0.05) is 96.6 Å². The largest absolute Gasteiger partial charge is 0 e. The number of fused-ring (bicyclic) bond motifs is 4. The van der Waals surface area contributed by atoms with E-state index in [0.717, 1.165) is 94.8 Å². The number of furan rings is 1. The summed E-state index contributed by atoms with van der Waals surface area (Å²) in [5, 5.41) is 0.951. The number of benzene rings is 6. The van der Waals surface area contributed by atoms with Crippen LogP contribution in [0.1, 0.15) is 32.2 Å². The molecule has 7 heteroatoms. The molecule has 0 saturated heterocycles. The first-order valence-corrected chi connectivity index (χ1v) is 27.7. The second-order valence-electron chi connectivity index (χ2n) is 16.4. The molecule has 6 aromatic carbocycles. The fourth-order valence-corrected chi connectivity index (χ4v) is 11.3. The minimum Gasteiger partial charge on any atom is 0 e. The molecule has 0 atom stereocenters. The number of pyridine rings is 2. The van der Waals surface area contributed by atoms with Crippen LogP contribution in [0.15, 0.2) is 168 Å². The van der Waals surface area contributed by atoms with Gasteiger partial charge in [0, 0.05) is 37.4 Å². The summed E-state index contributed by atoms with van der Waals surface area (Å²) < 4.78 is 18.5. The fraction of sp³-hybridized carbons (Fsp3) is 0.130. The third kappa shape index (κ3) is 8.28. The molecule has 0 bridgehead atoms. The second-order valence-corrected chi connectivity index (χ2v) is 27.0. The molecule has 0 N–H and O–H groups in total. The van der Waals surface area contributed by atoms with Crippen molar-refractivity contribution in [3.63, 3.8) is 0 Å². The average molecular weight is 1030 g/mol. The predicted molar refractivity (Wildman–Crippen MR) is 252 cm³/mol. The summed E-state index contributed by atoms with van der Waals surface area (Å²) in [5.74, 6) is 7.22. The van der Waals surface area contributed by atoms with E-state index in [0.29, 0.717) is 0 Å². The standard InChI is InChI=1S/C37H24N3O.C17H22GeN.Ir/c1-24-22-33-34(38-23-24)29-18-11-19-30(36(29)41-33)37-39-31-20-8-9-21-32(31)40(37)35-27(25-12-4-2-5-13-25)16-10-17-28(35)26-14-6-3-7-15-26;1-13(2)15-11-17(14-9-7-6-8-10-14)19-12-16(15)18(3,4)5;/h2-18,20-23H,1H3;6-9,11-13H,1-5H3;/q2*-1;/i;13D;. The van der Waals surface area contributed by atoms with E-state index < -0.39 is 19.2 Å². The Labute approximate surface area is 375 Å². The first-order chi connectivity index (χ1) is 29.5. The maximum atomic E-state index is 8.44. The van der Waals surface area contributed by atoms with E-state index in [1.54, 1.807) is 0 Å². The van der Waals surface area contributed by atoms with Crippen molar-refractivity contribution in [1.82, 2.24) is 19.5 Å². The van der Waals surface area contributed by atoms with Gasteiger partial charge >= 0.3 is 120 Å². The molecule has 4 heterocycles. The Bertz CT molecular complexity index is 3110.